The van der Waals surface area contributed by atoms with E-state index in [9.17, 15) is 18.0 Å². The average Bonchev–Trinajstić information content (AvgIpc) is 3.48. The number of amides is 1. The summed E-state index contributed by atoms with van der Waals surface area (Å²) in [4.78, 5) is 24.9. The van der Waals surface area contributed by atoms with Gasteiger partial charge in [-0.2, -0.15) is 23.4 Å². The fourth-order valence-electron chi connectivity index (χ4n) is 3.47. The summed E-state index contributed by atoms with van der Waals surface area (Å²) in [5.41, 5.74) is 7.90. The van der Waals surface area contributed by atoms with Crippen LogP contribution in [0.4, 0.5) is 24.8 Å². The van der Waals surface area contributed by atoms with E-state index >= 15 is 0 Å². The summed E-state index contributed by atoms with van der Waals surface area (Å²) >= 11 is 0. The molecule has 176 valence electrons. The third-order valence-electron chi connectivity index (χ3n) is 5.22. The first-order chi connectivity index (χ1) is 16.7. The summed E-state index contributed by atoms with van der Waals surface area (Å²) in [7, 11) is 0. The molecule has 0 aliphatic carbocycles. The lowest BCUT2D eigenvalue weighted by molar-refractivity contribution is -0.137. The van der Waals surface area contributed by atoms with Gasteiger partial charge in [0.1, 0.15) is 12.1 Å². The zero-order valence-corrected chi connectivity index (χ0v) is 18.0. The molecule has 0 bridgehead atoms. The lowest BCUT2D eigenvalue weighted by atomic mass is 10.1. The van der Waals surface area contributed by atoms with Crippen LogP contribution in [0.3, 0.4) is 0 Å². The third-order valence-corrected chi connectivity index (χ3v) is 5.22. The van der Waals surface area contributed by atoms with Crippen LogP contribution in [-0.4, -0.2) is 40.3 Å². The van der Waals surface area contributed by atoms with Crippen LogP contribution < -0.4 is 11.1 Å². The van der Waals surface area contributed by atoms with Gasteiger partial charge in [-0.25, -0.2) is 24.1 Å². The van der Waals surface area contributed by atoms with Gasteiger partial charge in [-0.1, -0.05) is 6.07 Å². The van der Waals surface area contributed by atoms with Crippen molar-refractivity contribution in [3.05, 3.63) is 78.1 Å². The molecule has 0 radical (unpaired) electrons. The number of imidazole rings is 1. The molecule has 13 heteroatoms. The van der Waals surface area contributed by atoms with Crippen LogP contribution in [-0.2, 0) is 6.18 Å². The summed E-state index contributed by atoms with van der Waals surface area (Å²) in [6.45, 7) is 1.81. The van der Waals surface area contributed by atoms with Crippen LogP contribution in [0, 0.1) is 6.92 Å². The molecule has 35 heavy (non-hydrogen) atoms. The number of nitrogens with zero attached hydrogens (tertiary/aromatic N) is 7. The summed E-state index contributed by atoms with van der Waals surface area (Å²) in [6, 6.07) is 5.74. The number of halogens is 3. The number of nitrogens with two attached hydrogens (primary N) is 1. The van der Waals surface area contributed by atoms with E-state index in [1.807, 2.05) is 6.92 Å². The Kier molecular flexibility index (Phi) is 5.16. The predicted octanol–water partition coefficient (Wildman–Crippen LogP) is 3.53. The molecule has 1 amide bonds. The molecule has 4 heterocycles. The molecule has 0 spiro atoms. The van der Waals surface area contributed by atoms with Gasteiger partial charge in [-0.3, -0.25) is 4.79 Å². The minimum Gasteiger partial charge on any atom is -0.381 e. The first kappa shape index (κ1) is 22.0. The highest BCUT2D eigenvalue weighted by molar-refractivity contribution is 6.04. The van der Waals surface area contributed by atoms with E-state index in [0.29, 0.717) is 22.6 Å². The largest absolute Gasteiger partial charge is 0.416 e. The van der Waals surface area contributed by atoms with Crippen LogP contribution in [0.25, 0.3) is 22.6 Å². The van der Waals surface area contributed by atoms with E-state index in [-0.39, 0.29) is 17.2 Å². The second-order valence-electron chi connectivity index (χ2n) is 7.59. The summed E-state index contributed by atoms with van der Waals surface area (Å²) < 4.78 is 42.1. The number of aryl methyl sites for hydroxylation is 1. The van der Waals surface area contributed by atoms with Gasteiger partial charge >= 0.3 is 6.18 Å². The number of hydrogen-bond acceptors (Lipinski definition) is 7. The Morgan fingerprint density at radius 2 is 1.89 bits per heavy atom. The van der Waals surface area contributed by atoms with Crippen LogP contribution in [0.1, 0.15) is 21.5 Å². The van der Waals surface area contributed by atoms with Crippen LogP contribution in [0.15, 0.2) is 61.4 Å². The van der Waals surface area contributed by atoms with Gasteiger partial charge in [0.15, 0.2) is 11.5 Å². The smallest absolute Gasteiger partial charge is 0.381 e. The van der Waals surface area contributed by atoms with Crippen molar-refractivity contribution < 1.29 is 18.0 Å². The quantitative estimate of drug-likeness (QED) is 0.403. The number of hydrogen-bond donors (Lipinski definition) is 2. The summed E-state index contributed by atoms with van der Waals surface area (Å²) in [6.07, 6.45) is 3.25. The Balaban J connectivity index is 1.43. The van der Waals surface area contributed by atoms with Crippen LogP contribution in [0.2, 0.25) is 0 Å². The molecule has 5 rings (SSSR count). The number of benzene rings is 1. The number of pyridine rings is 1. The fraction of sp³-hybridized carbons (Fsp3) is 0.0909. The molecule has 10 nitrogen and oxygen atoms in total. The average molecular weight is 479 g/mol. The molecular formula is C22H16F3N9O. The third kappa shape index (κ3) is 4.14. The van der Waals surface area contributed by atoms with E-state index < -0.39 is 17.6 Å². The van der Waals surface area contributed by atoms with E-state index in [2.05, 4.69) is 30.5 Å². The number of nitrogens with one attached hydrogen (secondary N) is 1. The van der Waals surface area contributed by atoms with Crippen molar-refractivity contribution in [2.45, 2.75) is 13.1 Å². The van der Waals surface area contributed by atoms with Crippen molar-refractivity contribution in [1.29, 1.82) is 0 Å². The Morgan fingerprint density at radius 3 is 2.69 bits per heavy atom. The Hall–Kier alpha value is -4.81. The van der Waals surface area contributed by atoms with E-state index in [4.69, 9.17) is 5.73 Å². The topological polar surface area (TPSA) is 129 Å². The van der Waals surface area contributed by atoms with Gasteiger partial charge in [0.05, 0.1) is 29.3 Å². The van der Waals surface area contributed by atoms with Gasteiger partial charge in [0.2, 0.25) is 0 Å². The molecule has 1 aromatic carbocycles. The van der Waals surface area contributed by atoms with Crippen molar-refractivity contribution in [2.75, 3.05) is 11.1 Å². The molecule has 3 N–H and O–H groups in total. The van der Waals surface area contributed by atoms with Gasteiger partial charge in [0, 0.05) is 29.6 Å². The van der Waals surface area contributed by atoms with Gasteiger partial charge in [-0.05, 0) is 30.7 Å². The Morgan fingerprint density at radius 1 is 1.06 bits per heavy atom. The SMILES string of the molecule is Cc1cnc(NC(=O)c2cccc(C(F)(F)F)c2)cc1-n1cc(-c2cnc3c(N)ncnn23)cn1. The Labute approximate surface area is 195 Å². The molecule has 5 aromatic rings. The maximum atomic E-state index is 13.0. The van der Waals surface area contributed by atoms with Crippen molar-refractivity contribution >= 4 is 23.2 Å². The zero-order chi connectivity index (χ0) is 24.7. The minimum atomic E-state index is -4.55. The van der Waals surface area contributed by atoms with Crippen LogP contribution in [0.5, 0.6) is 0 Å². The predicted molar refractivity (Wildman–Crippen MR) is 120 cm³/mol. The molecule has 0 unspecified atom stereocenters. The monoisotopic (exact) mass is 479 g/mol. The highest BCUT2D eigenvalue weighted by atomic mass is 19.4. The molecule has 0 aliphatic rings. The summed E-state index contributed by atoms with van der Waals surface area (Å²) in [5, 5.41) is 11.1. The minimum absolute atomic E-state index is 0.140. The number of alkyl halides is 3. The van der Waals surface area contributed by atoms with Crippen molar-refractivity contribution in [2.24, 2.45) is 0 Å². The van der Waals surface area contributed by atoms with Crippen molar-refractivity contribution in [1.82, 2.24) is 34.3 Å². The van der Waals surface area contributed by atoms with Crippen molar-refractivity contribution in [3.8, 4) is 16.9 Å². The molecule has 0 saturated heterocycles. The normalized spacial score (nSPS) is 11.7. The van der Waals surface area contributed by atoms with E-state index in [1.54, 1.807) is 33.9 Å². The van der Waals surface area contributed by atoms with E-state index in [1.165, 1.54) is 24.7 Å². The second kappa shape index (κ2) is 8.20. The molecule has 0 aliphatic heterocycles. The number of anilines is 2. The number of carbonyl (C=O) groups excluding carboxylic acids is 1. The first-order valence-electron chi connectivity index (χ1n) is 10.2. The molecule has 0 saturated carbocycles. The number of rotatable bonds is 4. The van der Waals surface area contributed by atoms with Gasteiger partial charge in [0.25, 0.3) is 5.91 Å². The fourth-order valence-corrected chi connectivity index (χ4v) is 3.47. The zero-order valence-electron chi connectivity index (χ0n) is 18.0. The summed E-state index contributed by atoms with van der Waals surface area (Å²) in [5.74, 6) is -0.326. The van der Waals surface area contributed by atoms with Crippen LogP contribution >= 0.6 is 0 Å². The number of fused-ring (bicyclic) bond motifs is 1. The van der Waals surface area contributed by atoms with Crippen molar-refractivity contribution in [3.63, 3.8) is 0 Å². The molecule has 4 aromatic heterocycles. The lowest BCUT2D eigenvalue weighted by Gasteiger charge is -2.11. The van der Waals surface area contributed by atoms with Gasteiger partial charge < -0.3 is 11.1 Å². The second-order valence-corrected chi connectivity index (χ2v) is 7.59. The number of carbonyl (C=O) groups is 1. The number of nitrogen functional groups attached to an aromatic ring is 1. The maximum absolute atomic E-state index is 13.0. The molecular weight excluding hydrogens is 463 g/mol. The van der Waals surface area contributed by atoms with Gasteiger partial charge in [-0.15, -0.1) is 0 Å². The lowest BCUT2D eigenvalue weighted by Crippen LogP contribution is -2.15. The first-order valence-corrected chi connectivity index (χ1v) is 10.2. The Bertz CT molecular complexity index is 1570. The highest BCUT2D eigenvalue weighted by Gasteiger charge is 2.31. The van der Waals surface area contributed by atoms with E-state index in [0.717, 1.165) is 17.7 Å². The number of aromatic nitrogens is 7. The maximum Gasteiger partial charge on any atom is 0.416 e. The molecule has 0 atom stereocenters. The standard InChI is InChI=1S/C22H16F3N9O/c1-12-7-27-18(32-21(35)13-3-2-4-15(5-13)22(23,24)25)6-16(12)33-10-14(8-30-33)17-9-28-20-19(26)29-11-31-34(17)20/h2-11H,1H3,(H2,26,29,31)(H,27,32,35). The highest BCUT2D eigenvalue weighted by Crippen LogP contribution is 2.30. The molecule has 0 fully saturated rings.